The SMILES string of the molecule is O=C(CCN1CCC(O)C1)c1ccccc1Br. The van der Waals surface area contributed by atoms with Crippen molar-refractivity contribution in [3.8, 4) is 0 Å². The van der Waals surface area contributed by atoms with Crippen molar-refractivity contribution >= 4 is 21.7 Å². The smallest absolute Gasteiger partial charge is 0.165 e. The Morgan fingerprint density at radius 2 is 2.24 bits per heavy atom. The van der Waals surface area contributed by atoms with Crippen molar-refractivity contribution in [3.05, 3.63) is 34.3 Å². The molecule has 1 atom stereocenters. The van der Waals surface area contributed by atoms with Crippen molar-refractivity contribution in [3.63, 3.8) is 0 Å². The minimum Gasteiger partial charge on any atom is -0.392 e. The van der Waals surface area contributed by atoms with Crippen LogP contribution in [-0.2, 0) is 0 Å². The van der Waals surface area contributed by atoms with Crippen LogP contribution < -0.4 is 0 Å². The molecule has 1 unspecified atom stereocenters. The lowest BCUT2D eigenvalue weighted by Crippen LogP contribution is -2.25. The molecule has 1 heterocycles. The van der Waals surface area contributed by atoms with Gasteiger partial charge in [0.15, 0.2) is 5.78 Å². The summed E-state index contributed by atoms with van der Waals surface area (Å²) in [6, 6.07) is 7.49. The van der Waals surface area contributed by atoms with E-state index >= 15 is 0 Å². The van der Waals surface area contributed by atoms with E-state index in [1.54, 1.807) is 0 Å². The third-order valence-corrected chi connectivity index (χ3v) is 3.77. The second-order valence-electron chi connectivity index (χ2n) is 4.40. The number of nitrogens with zero attached hydrogens (tertiary/aromatic N) is 1. The molecule has 0 radical (unpaired) electrons. The van der Waals surface area contributed by atoms with Gasteiger partial charge in [-0.05, 0) is 12.5 Å². The average molecular weight is 298 g/mol. The lowest BCUT2D eigenvalue weighted by Gasteiger charge is -2.14. The Hall–Kier alpha value is -0.710. The molecule has 1 aromatic carbocycles. The Morgan fingerprint density at radius 3 is 2.88 bits per heavy atom. The Kier molecular flexibility index (Phi) is 4.31. The summed E-state index contributed by atoms with van der Waals surface area (Å²) >= 11 is 3.39. The number of carbonyl (C=O) groups excluding carboxylic acids is 1. The number of hydrogen-bond acceptors (Lipinski definition) is 3. The summed E-state index contributed by atoms with van der Waals surface area (Å²) in [6.07, 6.45) is 1.12. The predicted molar refractivity (Wildman–Crippen MR) is 70.2 cm³/mol. The van der Waals surface area contributed by atoms with Gasteiger partial charge >= 0.3 is 0 Å². The summed E-state index contributed by atoms with van der Waals surface area (Å²) in [5.41, 5.74) is 0.743. The maximum Gasteiger partial charge on any atom is 0.165 e. The van der Waals surface area contributed by atoms with Gasteiger partial charge in [0.25, 0.3) is 0 Å². The Bertz CT molecular complexity index is 408. The van der Waals surface area contributed by atoms with E-state index in [-0.39, 0.29) is 11.9 Å². The van der Waals surface area contributed by atoms with Crippen LogP contribution >= 0.6 is 15.9 Å². The molecular weight excluding hydrogens is 282 g/mol. The lowest BCUT2D eigenvalue weighted by atomic mass is 10.1. The number of β-amino-alcohol motifs (C(OH)–C–C–N with tert-alkyl or cyclic N) is 1. The van der Waals surface area contributed by atoms with Gasteiger partial charge in [-0.1, -0.05) is 34.1 Å². The number of aliphatic hydroxyl groups excluding tert-OH is 1. The van der Waals surface area contributed by atoms with Crippen LogP contribution in [0.25, 0.3) is 0 Å². The van der Waals surface area contributed by atoms with Gasteiger partial charge in [0, 0.05) is 36.1 Å². The van der Waals surface area contributed by atoms with Gasteiger partial charge in [-0.25, -0.2) is 0 Å². The fourth-order valence-corrected chi connectivity index (χ4v) is 2.60. The third kappa shape index (κ3) is 3.37. The van der Waals surface area contributed by atoms with Crippen LogP contribution in [0.4, 0.5) is 0 Å². The van der Waals surface area contributed by atoms with Gasteiger partial charge < -0.3 is 10.0 Å². The van der Waals surface area contributed by atoms with Crippen molar-refractivity contribution < 1.29 is 9.90 Å². The molecule has 0 amide bonds. The van der Waals surface area contributed by atoms with E-state index in [1.807, 2.05) is 24.3 Å². The lowest BCUT2D eigenvalue weighted by molar-refractivity contribution is 0.0963. The first-order valence-electron chi connectivity index (χ1n) is 5.85. The number of ketones is 1. The van der Waals surface area contributed by atoms with E-state index in [4.69, 9.17) is 0 Å². The minimum absolute atomic E-state index is 0.152. The van der Waals surface area contributed by atoms with Crippen LogP contribution in [0.3, 0.4) is 0 Å². The molecule has 0 bridgehead atoms. The van der Waals surface area contributed by atoms with E-state index in [0.29, 0.717) is 13.0 Å². The molecule has 1 aromatic rings. The highest BCUT2D eigenvalue weighted by atomic mass is 79.9. The van der Waals surface area contributed by atoms with Crippen LogP contribution in [0.5, 0.6) is 0 Å². The van der Waals surface area contributed by atoms with Crippen LogP contribution in [0.2, 0.25) is 0 Å². The molecule has 0 spiro atoms. The second kappa shape index (κ2) is 5.76. The number of rotatable bonds is 4. The molecule has 1 aliphatic rings. The van der Waals surface area contributed by atoms with E-state index in [0.717, 1.165) is 29.5 Å². The second-order valence-corrected chi connectivity index (χ2v) is 5.25. The highest BCUT2D eigenvalue weighted by Gasteiger charge is 2.20. The molecule has 17 heavy (non-hydrogen) atoms. The highest BCUT2D eigenvalue weighted by molar-refractivity contribution is 9.10. The molecule has 4 heteroatoms. The number of aliphatic hydroxyl groups is 1. The number of likely N-dealkylation sites (tertiary alicyclic amines) is 1. The van der Waals surface area contributed by atoms with Crippen molar-refractivity contribution in [2.75, 3.05) is 19.6 Å². The van der Waals surface area contributed by atoms with E-state index in [9.17, 15) is 9.90 Å². The van der Waals surface area contributed by atoms with Gasteiger partial charge in [-0.15, -0.1) is 0 Å². The number of hydrogen-bond donors (Lipinski definition) is 1. The maximum atomic E-state index is 12.0. The highest BCUT2D eigenvalue weighted by Crippen LogP contribution is 2.18. The summed E-state index contributed by atoms with van der Waals surface area (Å²) in [4.78, 5) is 14.1. The zero-order valence-corrected chi connectivity index (χ0v) is 11.2. The molecule has 92 valence electrons. The molecule has 1 fully saturated rings. The standard InChI is InChI=1S/C13H16BrNO2/c14-12-4-2-1-3-11(12)13(17)6-8-15-7-5-10(16)9-15/h1-4,10,16H,5-9H2. The zero-order chi connectivity index (χ0) is 12.3. The molecule has 0 aliphatic carbocycles. The Balaban J connectivity index is 1.88. The maximum absolute atomic E-state index is 12.0. The molecular formula is C13H16BrNO2. The monoisotopic (exact) mass is 297 g/mol. The van der Waals surface area contributed by atoms with Crippen molar-refractivity contribution in [1.29, 1.82) is 0 Å². The van der Waals surface area contributed by atoms with Gasteiger partial charge in [-0.3, -0.25) is 4.79 Å². The predicted octanol–water partition coefficient (Wildman–Crippen LogP) is 2.09. The molecule has 1 aliphatic heterocycles. The van der Waals surface area contributed by atoms with E-state index in [1.165, 1.54) is 0 Å². The van der Waals surface area contributed by atoms with Crippen molar-refractivity contribution in [2.24, 2.45) is 0 Å². The summed E-state index contributed by atoms with van der Waals surface area (Å²) in [6.45, 7) is 2.32. The van der Waals surface area contributed by atoms with Crippen LogP contribution in [0.15, 0.2) is 28.7 Å². The topological polar surface area (TPSA) is 40.5 Å². The van der Waals surface area contributed by atoms with Crippen LogP contribution in [0.1, 0.15) is 23.2 Å². The van der Waals surface area contributed by atoms with Gasteiger partial charge in [-0.2, -0.15) is 0 Å². The fourth-order valence-electron chi connectivity index (χ4n) is 2.10. The van der Waals surface area contributed by atoms with E-state index < -0.39 is 0 Å². The van der Waals surface area contributed by atoms with Gasteiger partial charge in [0.1, 0.15) is 0 Å². The summed E-state index contributed by atoms with van der Waals surface area (Å²) in [5, 5.41) is 9.39. The van der Waals surface area contributed by atoms with Crippen LogP contribution in [0, 0.1) is 0 Å². The summed E-state index contributed by atoms with van der Waals surface area (Å²) in [7, 11) is 0. The first-order valence-corrected chi connectivity index (χ1v) is 6.64. The largest absolute Gasteiger partial charge is 0.392 e. The number of halogens is 1. The molecule has 1 N–H and O–H groups in total. The fraction of sp³-hybridized carbons (Fsp3) is 0.462. The molecule has 0 saturated carbocycles. The van der Waals surface area contributed by atoms with Crippen molar-refractivity contribution in [1.82, 2.24) is 4.90 Å². The Morgan fingerprint density at radius 1 is 1.47 bits per heavy atom. The zero-order valence-electron chi connectivity index (χ0n) is 9.60. The molecule has 1 saturated heterocycles. The van der Waals surface area contributed by atoms with Gasteiger partial charge in [0.05, 0.1) is 6.10 Å². The quantitative estimate of drug-likeness (QED) is 0.865. The third-order valence-electron chi connectivity index (χ3n) is 3.08. The first kappa shape index (κ1) is 12.7. The summed E-state index contributed by atoms with van der Waals surface area (Å²) in [5.74, 6) is 0.152. The summed E-state index contributed by atoms with van der Waals surface area (Å²) < 4.78 is 0.853. The number of Topliss-reactive ketones (excluding diaryl/α,β-unsaturated/α-hetero) is 1. The normalized spacial score (nSPS) is 20.7. The Labute approximate surface area is 110 Å². The average Bonchev–Trinajstić information content (AvgIpc) is 2.73. The van der Waals surface area contributed by atoms with Crippen molar-refractivity contribution in [2.45, 2.75) is 18.9 Å². The molecule has 2 rings (SSSR count). The number of carbonyl (C=O) groups is 1. The van der Waals surface area contributed by atoms with E-state index in [2.05, 4.69) is 20.8 Å². The molecule has 3 nitrogen and oxygen atoms in total. The minimum atomic E-state index is -0.214. The van der Waals surface area contributed by atoms with Gasteiger partial charge in [0.2, 0.25) is 0 Å². The van der Waals surface area contributed by atoms with Crippen LogP contribution in [-0.4, -0.2) is 41.5 Å². The number of benzene rings is 1. The first-order chi connectivity index (χ1) is 8.16. The molecule has 0 aromatic heterocycles.